The van der Waals surface area contributed by atoms with Crippen LogP contribution in [0.4, 0.5) is 18.3 Å². The van der Waals surface area contributed by atoms with Gasteiger partial charge in [0.25, 0.3) is 5.91 Å². The number of alkyl halides is 3. The molecule has 1 heterocycles. The summed E-state index contributed by atoms with van der Waals surface area (Å²) in [5.41, 5.74) is -0.0421. The molecule has 0 aliphatic carbocycles. The molecule has 0 saturated carbocycles. The highest BCUT2D eigenvalue weighted by molar-refractivity contribution is 7.91. The summed E-state index contributed by atoms with van der Waals surface area (Å²) in [4.78, 5) is 17.9. The molecule has 39 heavy (non-hydrogen) atoms. The van der Waals surface area contributed by atoms with E-state index < -0.39 is 33.6 Å². The Hall–Kier alpha value is -3.84. The Labute approximate surface area is 226 Å². The van der Waals surface area contributed by atoms with E-state index in [2.05, 4.69) is 10.3 Å². The van der Waals surface area contributed by atoms with Crippen LogP contribution in [0.3, 0.4) is 0 Å². The third kappa shape index (κ3) is 6.25. The number of ether oxygens (including phenoxy) is 3. The predicted octanol–water partition coefficient (Wildman–Crippen LogP) is 5.88. The normalized spacial score (nSPS) is 12.7. The highest BCUT2D eigenvalue weighted by Crippen LogP contribution is 2.37. The van der Waals surface area contributed by atoms with Crippen LogP contribution in [0.1, 0.15) is 24.2 Å². The first kappa shape index (κ1) is 28.2. The number of sulfone groups is 1. The molecule has 0 fully saturated rings. The highest BCUT2D eigenvalue weighted by Gasteiger charge is 2.31. The second kappa shape index (κ2) is 11.1. The molecule has 0 radical (unpaired) electrons. The largest absolute Gasteiger partial charge is 0.493 e. The molecule has 0 spiro atoms. The third-order valence-corrected chi connectivity index (χ3v) is 8.40. The zero-order valence-corrected chi connectivity index (χ0v) is 22.5. The molecule has 4 rings (SSSR count). The fourth-order valence-corrected chi connectivity index (χ4v) is 5.39. The minimum atomic E-state index is -4.53. The van der Waals surface area contributed by atoms with Gasteiger partial charge in [-0.05, 0) is 36.4 Å². The molecule has 3 aromatic carbocycles. The van der Waals surface area contributed by atoms with E-state index in [1.807, 2.05) is 0 Å². The van der Waals surface area contributed by atoms with Crippen LogP contribution in [0.5, 0.6) is 17.2 Å². The van der Waals surface area contributed by atoms with E-state index in [9.17, 15) is 26.4 Å². The number of anilines is 1. The lowest BCUT2D eigenvalue weighted by atomic mass is 10.1. The van der Waals surface area contributed by atoms with E-state index in [0.29, 0.717) is 21.7 Å². The summed E-state index contributed by atoms with van der Waals surface area (Å²) in [5, 5.41) is 2.91. The second-order valence-corrected chi connectivity index (χ2v) is 11.5. The number of carbonyl (C=O) groups excluding carboxylic acids is 1. The molecule has 0 aliphatic heterocycles. The Bertz CT molecular complexity index is 1540. The van der Waals surface area contributed by atoms with E-state index in [1.54, 1.807) is 12.1 Å². The van der Waals surface area contributed by atoms with Crippen molar-refractivity contribution >= 4 is 42.4 Å². The van der Waals surface area contributed by atoms with Crippen molar-refractivity contribution in [1.29, 1.82) is 0 Å². The molecule has 4 aromatic rings. The molecular weight excluding hydrogens is 557 g/mol. The number of aromatic nitrogens is 1. The van der Waals surface area contributed by atoms with Crippen LogP contribution in [-0.4, -0.2) is 39.3 Å². The molecule has 1 N–H and O–H groups in total. The van der Waals surface area contributed by atoms with Gasteiger partial charge in [0.05, 0.1) is 40.6 Å². The number of hydrogen-bond donors (Lipinski definition) is 1. The van der Waals surface area contributed by atoms with Gasteiger partial charge in [0.15, 0.2) is 26.5 Å². The predicted molar refractivity (Wildman–Crippen MR) is 140 cm³/mol. The maximum atomic E-state index is 13.4. The van der Waals surface area contributed by atoms with Gasteiger partial charge in [-0.2, -0.15) is 13.2 Å². The standard InChI is InChI=1S/C26H23F3N2O6S2/c1-4-39(33,34)18-11-5-15(6-12-18)23(37-17-9-7-16(8-10-17)26(27,28)29)24(32)31-25-30-19-13-20(35-2)21(36-3)14-22(19)38-25/h5-14,23H,4H2,1-3H3,(H,30,31,32). The van der Waals surface area contributed by atoms with E-state index in [-0.39, 0.29) is 27.1 Å². The molecule has 1 aromatic heterocycles. The number of thiazole rings is 1. The number of nitrogens with zero attached hydrogens (tertiary/aromatic N) is 1. The van der Waals surface area contributed by atoms with Crippen molar-refractivity contribution in [2.45, 2.75) is 24.1 Å². The van der Waals surface area contributed by atoms with Crippen LogP contribution in [0, 0.1) is 0 Å². The number of nitrogens with one attached hydrogen (secondary N) is 1. The Morgan fingerprint density at radius 2 is 1.62 bits per heavy atom. The number of halogens is 3. The fourth-order valence-electron chi connectivity index (χ4n) is 3.63. The molecule has 1 atom stereocenters. The first-order chi connectivity index (χ1) is 18.4. The van der Waals surface area contributed by atoms with Crippen molar-refractivity contribution in [1.82, 2.24) is 4.98 Å². The number of hydrogen-bond acceptors (Lipinski definition) is 8. The summed E-state index contributed by atoms with van der Waals surface area (Å²) >= 11 is 1.17. The summed E-state index contributed by atoms with van der Waals surface area (Å²) in [7, 11) is -0.511. The summed E-state index contributed by atoms with van der Waals surface area (Å²) in [6.45, 7) is 1.51. The fraction of sp³-hybridized carbons (Fsp3) is 0.231. The number of benzene rings is 3. The van der Waals surface area contributed by atoms with Crippen molar-refractivity contribution in [3.8, 4) is 17.2 Å². The topological polar surface area (TPSA) is 104 Å². The zero-order valence-electron chi connectivity index (χ0n) is 20.9. The minimum absolute atomic E-state index is 0.00665. The summed E-state index contributed by atoms with van der Waals surface area (Å²) in [5.74, 6) is 0.174. The lowest BCUT2D eigenvalue weighted by molar-refractivity contribution is -0.137. The van der Waals surface area contributed by atoms with Crippen molar-refractivity contribution in [3.05, 3.63) is 71.8 Å². The van der Waals surface area contributed by atoms with Crippen molar-refractivity contribution in [2.24, 2.45) is 0 Å². The molecule has 1 unspecified atom stereocenters. The van der Waals surface area contributed by atoms with Crippen LogP contribution < -0.4 is 19.5 Å². The van der Waals surface area contributed by atoms with E-state index in [4.69, 9.17) is 14.2 Å². The SMILES string of the molecule is CCS(=O)(=O)c1ccc(C(Oc2ccc(C(F)(F)F)cc2)C(=O)Nc2nc3cc(OC)c(OC)cc3s2)cc1. The lowest BCUT2D eigenvalue weighted by Gasteiger charge is -2.19. The average molecular weight is 581 g/mol. The molecule has 1 amide bonds. The van der Waals surface area contributed by atoms with Crippen molar-refractivity contribution in [3.63, 3.8) is 0 Å². The van der Waals surface area contributed by atoms with Gasteiger partial charge in [-0.1, -0.05) is 30.4 Å². The molecular formula is C26H23F3N2O6S2. The summed E-state index contributed by atoms with van der Waals surface area (Å²) in [6.07, 6.45) is -5.87. The van der Waals surface area contributed by atoms with Gasteiger partial charge in [0.2, 0.25) is 6.10 Å². The molecule has 0 bridgehead atoms. The average Bonchev–Trinajstić information content (AvgIpc) is 3.31. The van der Waals surface area contributed by atoms with Gasteiger partial charge < -0.3 is 14.2 Å². The van der Waals surface area contributed by atoms with E-state index in [0.717, 1.165) is 24.3 Å². The molecule has 0 aliphatic rings. The van der Waals surface area contributed by atoms with Gasteiger partial charge in [-0.25, -0.2) is 13.4 Å². The smallest absolute Gasteiger partial charge is 0.416 e. The van der Waals surface area contributed by atoms with Crippen LogP contribution in [-0.2, 0) is 20.8 Å². The maximum absolute atomic E-state index is 13.4. The Kier molecular flexibility index (Phi) is 8.02. The monoisotopic (exact) mass is 580 g/mol. The summed E-state index contributed by atoms with van der Waals surface area (Å²) in [6, 6.07) is 12.8. The lowest BCUT2D eigenvalue weighted by Crippen LogP contribution is -2.25. The number of methoxy groups -OCH3 is 2. The highest BCUT2D eigenvalue weighted by atomic mass is 32.2. The first-order valence-corrected chi connectivity index (χ1v) is 13.9. The maximum Gasteiger partial charge on any atom is 0.416 e. The van der Waals surface area contributed by atoms with Gasteiger partial charge in [-0.3, -0.25) is 10.1 Å². The van der Waals surface area contributed by atoms with Crippen LogP contribution in [0.15, 0.2) is 65.6 Å². The van der Waals surface area contributed by atoms with Gasteiger partial charge >= 0.3 is 6.18 Å². The first-order valence-electron chi connectivity index (χ1n) is 11.4. The third-order valence-electron chi connectivity index (χ3n) is 5.72. The number of fused-ring (bicyclic) bond motifs is 1. The molecule has 206 valence electrons. The molecule has 13 heteroatoms. The Morgan fingerprint density at radius 3 is 2.18 bits per heavy atom. The van der Waals surface area contributed by atoms with Crippen LogP contribution in [0.25, 0.3) is 10.2 Å². The molecule has 0 saturated heterocycles. The number of rotatable bonds is 9. The minimum Gasteiger partial charge on any atom is -0.493 e. The quantitative estimate of drug-likeness (QED) is 0.264. The zero-order chi connectivity index (χ0) is 28.4. The molecule has 8 nitrogen and oxygen atoms in total. The second-order valence-electron chi connectivity index (χ2n) is 8.18. The van der Waals surface area contributed by atoms with Gasteiger partial charge in [0, 0.05) is 17.7 Å². The Balaban J connectivity index is 1.66. The summed E-state index contributed by atoms with van der Waals surface area (Å²) < 4.78 is 80.5. The van der Waals surface area contributed by atoms with E-state index in [1.165, 1.54) is 56.7 Å². The van der Waals surface area contributed by atoms with Crippen LogP contribution >= 0.6 is 11.3 Å². The van der Waals surface area contributed by atoms with Gasteiger partial charge in [-0.15, -0.1) is 0 Å². The van der Waals surface area contributed by atoms with Crippen LogP contribution in [0.2, 0.25) is 0 Å². The van der Waals surface area contributed by atoms with Crippen molar-refractivity contribution < 1.29 is 40.6 Å². The van der Waals surface area contributed by atoms with Gasteiger partial charge in [0.1, 0.15) is 5.75 Å². The Morgan fingerprint density at radius 1 is 1.00 bits per heavy atom. The number of carbonyl (C=O) groups is 1. The number of amides is 1. The van der Waals surface area contributed by atoms with E-state index >= 15 is 0 Å². The van der Waals surface area contributed by atoms with Crippen molar-refractivity contribution in [2.75, 3.05) is 25.3 Å².